The Labute approximate surface area is 257 Å². The van der Waals surface area contributed by atoms with E-state index in [0.29, 0.717) is 11.5 Å². The highest BCUT2D eigenvalue weighted by Crippen LogP contribution is 2.43. The first-order valence-corrected chi connectivity index (χ1v) is 15.7. The van der Waals surface area contributed by atoms with E-state index >= 15 is 8.78 Å². The molecule has 0 amide bonds. The minimum atomic E-state index is -4.46. The summed E-state index contributed by atoms with van der Waals surface area (Å²) in [6.45, 7) is 3.02. The molecule has 0 radical (unpaired) electrons. The lowest BCUT2D eigenvalue weighted by atomic mass is 10.0. The number of fused-ring (bicyclic) bond motifs is 2. The van der Waals surface area contributed by atoms with Gasteiger partial charge in [-0.25, -0.2) is 27.2 Å². The molecular formula is C30H28ClF2N5O5S. The normalized spacial score (nSPS) is 17.2. The Morgan fingerprint density at radius 2 is 1.86 bits per heavy atom. The van der Waals surface area contributed by atoms with Crippen molar-refractivity contribution in [1.29, 1.82) is 0 Å². The summed E-state index contributed by atoms with van der Waals surface area (Å²) in [7, 11) is -2.39. The molecule has 1 aromatic heterocycles. The van der Waals surface area contributed by atoms with Crippen molar-refractivity contribution in [2.24, 2.45) is 0 Å². The number of carbonyl (C=O) groups excluding carboxylic acids is 1. The molecule has 6 rings (SSSR count). The molecule has 1 saturated heterocycles. The number of benzene rings is 3. The maximum absolute atomic E-state index is 15.8. The van der Waals surface area contributed by atoms with Gasteiger partial charge < -0.3 is 19.7 Å². The Morgan fingerprint density at radius 1 is 1.11 bits per heavy atom. The van der Waals surface area contributed by atoms with Crippen molar-refractivity contribution in [3.63, 3.8) is 0 Å². The fourth-order valence-electron chi connectivity index (χ4n) is 5.43. The molecule has 3 aromatic carbocycles. The Balaban J connectivity index is 1.29. The summed E-state index contributed by atoms with van der Waals surface area (Å²) in [6, 6.07) is 9.73. The van der Waals surface area contributed by atoms with E-state index < -0.39 is 39.4 Å². The Kier molecular flexibility index (Phi) is 8.03. The number of piperidine rings is 1. The molecule has 44 heavy (non-hydrogen) atoms. The summed E-state index contributed by atoms with van der Waals surface area (Å²) < 4.78 is 71.5. The number of likely N-dealkylation sites (tertiary alicyclic amines) is 1. The molecule has 0 aliphatic carbocycles. The van der Waals surface area contributed by atoms with Crippen LogP contribution in [-0.2, 0) is 19.6 Å². The standard InChI is InChI=1S/C30H28ClF2N5O5S/c1-16(39)43-25-15-42-29-21(25)12-17(31)13-26(29)44(40,41)37-24-5-3-4-19(28(24)33)20-6-7-23-22(27(20)32)14-34-30(36-23)35-18-8-10-38(2)11-9-18/h3-7,12-14,18,25,37H,8-11,15H2,1-2H3,(H,34,35,36)/t25-/m1/s1. The Bertz CT molecular complexity index is 1890. The molecule has 2 aliphatic rings. The van der Waals surface area contributed by atoms with Gasteiger partial charge in [-0.15, -0.1) is 0 Å². The highest BCUT2D eigenvalue weighted by Gasteiger charge is 2.34. The number of hydrogen-bond acceptors (Lipinski definition) is 9. The predicted molar refractivity (Wildman–Crippen MR) is 161 cm³/mol. The van der Waals surface area contributed by atoms with E-state index in [1.165, 1.54) is 43.5 Å². The molecule has 0 unspecified atom stereocenters. The molecule has 4 aromatic rings. The Hall–Kier alpha value is -4.07. The number of esters is 1. The van der Waals surface area contributed by atoms with E-state index in [4.69, 9.17) is 21.1 Å². The first-order chi connectivity index (χ1) is 21.0. The lowest BCUT2D eigenvalue weighted by Crippen LogP contribution is -2.37. The number of carbonyl (C=O) groups is 1. The van der Waals surface area contributed by atoms with Gasteiger partial charge in [0.2, 0.25) is 5.95 Å². The van der Waals surface area contributed by atoms with Gasteiger partial charge in [0.1, 0.15) is 23.1 Å². The first kappa shape index (κ1) is 30.0. The number of anilines is 2. The fraction of sp³-hybridized carbons (Fsp3) is 0.300. The molecular weight excluding hydrogens is 616 g/mol. The van der Waals surface area contributed by atoms with Gasteiger partial charge in [-0.1, -0.05) is 23.7 Å². The molecule has 0 spiro atoms. The lowest BCUT2D eigenvalue weighted by Gasteiger charge is -2.29. The van der Waals surface area contributed by atoms with E-state index in [9.17, 15) is 13.2 Å². The zero-order valence-electron chi connectivity index (χ0n) is 23.7. The third-order valence-corrected chi connectivity index (χ3v) is 9.25. The summed E-state index contributed by atoms with van der Waals surface area (Å²) in [5.41, 5.74) is -0.0602. The SMILES string of the molecule is CC(=O)O[C@@H]1COc2c1cc(Cl)cc2S(=O)(=O)Nc1cccc(-c2ccc3nc(NC4CCN(C)CC4)ncc3c2F)c1F. The summed E-state index contributed by atoms with van der Waals surface area (Å²) in [5.74, 6) is -1.99. The van der Waals surface area contributed by atoms with Crippen molar-refractivity contribution < 1.29 is 31.5 Å². The van der Waals surface area contributed by atoms with Gasteiger partial charge in [0.15, 0.2) is 11.9 Å². The third kappa shape index (κ3) is 5.86. The quantitative estimate of drug-likeness (QED) is 0.250. The molecule has 230 valence electrons. The van der Waals surface area contributed by atoms with E-state index in [-0.39, 0.29) is 50.4 Å². The van der Waals surface area contributed by atoms with Crippen molar-refractivity contribution in [2.45, 2.75) is 36.8 Å². The number of ether oxygens (including phenoxy) is 2. The monoisotopic (exact) mass is 643 g/mol. The summed E-state index contributed by atoms with van der Waals surface area (Å²) >= 11 is 6.18. The second-order valence-corrected chi connectivity index (χ2v) is 12.9. The molecule has 2 N–H and O–H groups in total. The lowest BCUT2D eigenvalue weighted by molar-refractivity contribution is -0.147. The smallest absolute Gasteiger partial charge is 0.303 e. The van der Waals surface area contributed by atoms with Crippen LogP contribution in [0.25, 0.3) is 22.0 Å². The van der Waals surface area contributed by atoms with Gasteiger partial charge in [0.05, 0.1) is 16.6 Å². The van der Waals surface area contributed by atoms with E-state index in [1.807, 2.05) is 0 Å². The van der Waals surface area contributed by atoms with Gasteiger partial charge >= 0.3 is 5.97 Å². The maximum atomic E-state index is 15.8. The highest BCUT2D eigenvalue weighted by molar-refractivity contribution is 7.92. The van der Waals surface area contributed by atoms with Crippen LogP contribution in [0.2, 0.25) is 5.02 Å². The molecule has 0 saturated carbocycles. The van der Waals surface area contributed by atoms with Gasteiger partial charge in [0, 0.05) is 40.9 Å². The number of aromatic nitrogens is 2. The van der Waals surface area contributed by atoms with Gasteiger partial charge in [-0.3, -0.25) is 9.52 Å². The fourth-order valence-corrected chi connectivity index (χ4v) is 6.98. The minimum Gasteiger partial charge on any atom is -0.487 e. The molecule has 3 heterocycles. The zero-order chi connectivity index (χ0) is 31.2. The van der Waals surface area contributed by atoms with Crippen LogP contribution in [0.3, 0.4) is 0 Å². The third-order valence-electron chi connectivity index (χ3n) is 7.66. The van der Waals surface area contributed by atoms with E-state index in [0.717, 1.165) is 32.0 Å². The van der Waals surface area contributed by atoms with Crippen molar-refractivity contribution in [1.82, 2.24) is 14.9 Å². The first-order valence-electron chi connectivity index (χ1n) is 13.9. The van der Waals surface area contributed by atoms with Crippen LogP contribution in [0.4, 0.5) is 20.4 Å². The van der Waals surface area contributed by atoms with Crippen LogP contribution in [0.5, 0.6) is 5.75 Å². The number of halogens is 3. The maximum Gasteiger partial charge on any atom is 0.303 e. The van der Waals surface area contributed by atoms with Crippen molar-refractivity contribution in [2.75, 3.05) is 36.8 Å². The summed E-state index contributed by atoms with van der Waals surface area (Å²) in [4.78, 5) is 22.1. The van der Waals surface area contributed by atoms with Gasteiger partial charge in [-0.2, -0.15) is 0 Å². The van der Waals surface area contributed by atoms with E-state index in [1.54, 1.807) is 6.07 Å². The average Bonchev–Trinajstić information content (AvgIpc) is 3.36. The van der Waals surface area contributed by atoms with Crippen LogP contribution < -0.4 is 14.8 Å². The van der Waals surface area contributed by atoms with Gasteiger partial charge in [0.25, 0.3) is 10.0 Å². The number of rotatable bonds is 7. The molecule has 1 fully saturated rings. The van der Waals surface area contributed by atoms with Crippen LogP contribution in [0, 0.1) is 11.6 Å². The average molecular weight is 644 g/mol. The van der Waals surface area contributed by atoms with Crippen LogP contribution in [0.1, 0.15) is 31.4 Å². The number of sulfonamides is 1. The van der Waals surface area contributed by atoms with Gasteiger partial charge in [-0.05, 0) is 63.3 Å². The van der Waals surface area contributed by atoms with Crippen molar-refractivity contribution in [3.8, 4) is 16.9 Å². The topological polar surface area (TPSA) is 123 Å². The number of hydrogen-bond donors (Lipinski definition) is 2. The highest BCUT2D eigenvalue weighted by atomic mass is 35.5. The summed E-state index contributed by atoms with van der Waals surface area (Å²) in [5, 5.41) is 3.45. The number of nitrogens with one attached hydrogen (secondary N) is 2. The second kappa shape index (κ2) is 11.8. The van der Waals surface area contributed by atoms with E-state index in [2.05, 4.69) is 32.0 Å². The predicted octanol–water partition coefficient (Wildman–Crippen LogP) is 5.53. The largest absolute Gasteiger partial charge is 0.487 e. The molecule has 10 nitrogen and oxygen atoms in total. The zero-order valence-corrected chi connectivity index (χ0v) is 25.3. The molecule has 1 atom stereocenters. The minimum absolute atomic E-state index is 0.0474. The Morgan fingerprint density at radius 3 is 2.61 bits per heavy atom. The van der Waals surface area contributed by atoms with Crippen molar-refractivity contribution in [3.05, 3.63) is 70.9 Å². The molecule has 2 aliphatic heterocycles. The van der Waals surface area contributed by atoms with Crippen LogP contribution in [0.15, 0.2) is 53.6 Å². The van der Waals surface area contributed by atoms with Crippen molar-refractivity contribution >= 4 is 50.1 Å². The van der Waals surface area contributed by atoms with Crippen LogP contribution in [-0.4, -0.2) is 62.0 Å². The number of nitrogens with zero attached hydrogens (tertiary/aromatic N) is 3. The van der Waals surface area contributed by atoms with Crippen LogP contribution >= 0.6 is 11.6 Å². The summed E-state index contributed by atoms with van der Waals surface area (Å²) in [6.07, 6.45) is 2.38. The molecule has 14 heteroatoms. The molecule has 0 bridgehead atoms. The second-order valence-electron chi connectivity index (χ2n) is 10.8.